The first kappa shape index (κ1) is 16.3. The predicted molar refractivity (Wildman–Crippen MR) is 104 cm³/mol. The number of hydrogen-bond donors (Lipinski definition) is 0. The van der Waals surface area contributed by atoms with Gasteiger partial charge in [0.1, 0.15) is 0 Å². The highest BCUT2D eigenvalue weighted by molar-refractivity contribution is 8.40. The zero-order chi connectivity index (χ0) is 17.4. The summed E-state index contributed by atoms with van der Waals surface area (Å²) in [6, 6.07) is 17.9. The van der Waals surface area contributed by atoms with Crippen molar-refractivity contribution in [1.29, 1.82) is 0 Å². The number of nitrogens with zero attached hydrogens (tertiary/aromatic N) is 2. The van der Waals surface area contributed by atoms with E-state index in [1.165, 1.54) is 11.8 Å². The number of amides is 1. The lowest BCUT2D eigenvalue weighted by atomic mass is 10.2. The minimum atomic E-state index is -0.00661. The summed E-state index contributed by atoms with van der Waals surface area (Å²) in [7, 11) is 1.93. The maximum atomic E-state index is 13.1. The molecule has 2 aliphatic rings. The molecule has 0 fully saturated rings. The number of rotatable bonds is 2. The van der Waals surface area contributed by atoms with E-state index >= 15 is 0 Å². The van der Waals surface area contributed by atoms with E-state index in [9.17, 15) is 4.79 Å². The lowest BCUT2D eigenvalue weighted by Crippen LogP contribution is -2.22. The Bertz CT molecular complexity index is 907. The van der Waals surface area contributed by atoms with E-state index in [1.54, 1.807) is 11.8 Å². The summed E-state index contributed by atoms with van der Waals surface area (Å²) in [5, 5.41) is 0. The minimum Gasteiger partial charge on any atom is -0.437 e. The van der Waals surface area contributed by atoms with Crippen LogP contribution in [0.1, 0.15) is 5.56 Å². The molecule has 6 heteroatoms. The zero-order valence-corrected chi connectivity index (χ0v) is 15.6. The van der Waals surface area contributed by atoms with Crippen molar-refractivity contribution >= 4 is 39.5 Å². The molecule has 0 spiro atoms. The average molecular weight is 369 g/mol. The van der Waals surface area contributed by atoms with Crippen molar-refractivity contribution in [3.8, 4) is 5.75 Å². The van der Waals surface area contributed by atoms with Crippen molar-refractivity contribution in [2.45, 2.75) is 6.54 Å². The molecule has 2 aliphatic heterocycles. The number of fused-ring (bicyclic) bond motifs is 1. The van der Waals surface area contributed by atoms with Gasteiger partial charge in [-0.1, -0.05) is 54.2 Å². The van der Waals surface area contributed by atoms with Crippen LogP contribution in [0.2, 0.25) is 0 Å². The van der Waals surface area contributed by atoms with E-state index in [4.69, 9.17) is 4.74 Å². The first-order valence-corrected chi connectivity index (χ1v) is 9.92. The van der Waals surface area contributed by atoms with Crippen LogP contribution in [-0.4, -0.2) is 28.2 Å². The van der Waals surface area contributed by atoms with Crippen LogP contribution in [-0.2, 0) is 11.3 Å². The van der Waals surface area contributed by atoms with E-state index in [0.717, 1.165) is 21.4 Å². The molecule has 2 aromatic carbocycles. The third kappa shape index (κ3) is 2.85. The molecule has 0 radical (unpaired) electrons. The molecule has 0 atom stereocenters. The first-order chi connectivity index (χ1) is 12.2. The normalized spacial score (nSPS) is 19.4. The third-order valence-electron chi connectivity index (χ3n) is 4.14. The van der Waals surface area contributed by atoms with Gasteiger partial charge in [0.15, 0.2) is 17.2 Å². The highest BCUT2D eigenvalue weighted by Crippen LogP contribution is 2.43. The van der Waals surface area contributed by atoms with Crippen LogP contribution in [0.5, 0.6) is 5.75 Å². The molecule has 2 aromatic rings. The van der Waals surface area contributed by atoms with Crippen LogP contribution in [0.4, 0.5) is 5.69 Å². The number of anilines is 1. The van der Waals surface area contributed by atoms with Gasteiger partial charge >= 0.3 is 5.91 Å². The average Bonchev–Trinajstić information content (AvgIpc) is 3.14. The molecule has 0 aromatic heterocycles. The lowest BCUT2D eigenvalue weighted by molar-refractivity contribution is -0.453. The second kappa shape index (κ2) is 6.61. The summed E-state index contributed by atoms with van der Waals surface area (Å²) in [5.41, 5.74) is 2.09. The topological polar surface area (TPSA) is 32.5 Å². The van der Waals surface area contributed by atoms with Crippen LogP contribution in [0, 0.1) is 0 Å². The Balaban J connectivity index is 1.68. The zero-order valence-electron chi connectivity index (χ0n) is 13.9. The van der Waals surface area contributed by atoms with E-state index in [0.29, 0.717) is 17.3 Å². The number of para-hydroxylation sites is 2. The highest BCUT2D eigenvalue weighted by atomic mass is 32.2. The Morgan fingerprint density at radius 3 is 2.56 bits per heavy atom. The number of carbonyl (C=O) groups excluding carboxylic acids is 1. The second-order valence-corrected chi connectivity index (χ2v) is 7.76. The van der Waals surface area contributed by atoms with Gasteiger partial charge in [-0.05, 0) is 18.4 Å². The quantitative estimate of drug-likeness (QED) is 0.592. The van der Waals surface area contributed by atoms with Gasteiger partial charge < -0.3 is 9.64 Å². The maximum Gasteiger partial charge on any atom is 0.433 e. The largest absolute Gasteiger partial charge is 0.437 e. The fourth-order valence-electron chi connectivity index (χ4n) is 2.88. The molecule has 0 unspecified atom stereocenters. The summed E-state index contributed by atoms with van der Waals surface area (Å²) in [5.74, 6) is 1.39. The third-order valence-corrected chi connectivity index (χ3v) is 6.41. The van der Waals surface area contributed by atoms with Gasteiger partial charge in [0, 0.05) is 24.4 Å². The van der Waals surface area contributed by atoms with Crippen molar-refractivity contribution in [1.82, 2.24) is 0 Å². The van der Waals surface area contributed by atoms with Crippen molar-refractivity contribution < 1.29 is 14.1 Å². The van der Waals surface area contributed by atoms with Gasteiger partial charge in [-0.3, -0.25) is 0 Å². The summed E-state index contributed by atoms with van der Waals surface area (Å²) in [4.78, 5) is 15.7. The van der Waals surface area contributed by atoms with Crippen molar-refractivity contribution in [2.24, 2.45) is 0 Å². The number of benzene rings is 2. The molecule has 4 nitrogen and oxygen atoms in total. The minimum absolute atomic E-state index is 0.00661. The van der Waals surface area contributed by atoms with Crippen LogP contribution in [0.3, 0.4) is 0 Å². The van der Waals surface area contributed by atoms with Crippen molar-refractivity contribution in [3.63, 3.8) is 0 Å². The molecular formula is C19H17N2O2S2+. The standard InChI is InChI=1S/C19H17N2O2S2/c1-20-14-10-6-7-11-15(14)23-18(20)16-17(22)21(19(24-2)25-16)12-13-8-4-3-5-9-13/h3-11H,12H2,1-2H3/q+1. The molecule has 0 saturated carbocycles. The molecule has 0 bridgehead atoms. The Labute approximate surface area is 155 Å². The Hall–Kier alpha value is -2.18. The molecule has 4 rings (SSSR count). The SMILES string of the molecule is CSC1=[N+](Cc2ccccc2)C(=O)C(=C2Oc3ccccc3N2C)S1. The summed E-state index contributed by atoms with van der Waals surface area (Å²) in [6.07, 6.45) is 2.00. The van der Waals surface area contributed by atoms with E-state index in [2.05, 4.69) is 0 Å². The van der Waals surface area contributed by atoms with E-state index in [-0.39, 0.29) is 5.91 Å². The number of hydrogen-bond acceptors (Lipinski definition) is 5. The summed E-state index contributed by atoms with van der Waals surface area (Å²) < 4.78 is 8.78. The molecule has 126 valence electrons. The smallest absolute Gasteiger partial charge is 0.433 e. The summed E-state index contributed by atoms with van der Waals surface area (Å²) >= 11 is 3.07. The molecule has 0 aliphatic carbocycles. The van der Waals surface area contributed by atoms with E-state index < -0.39 is 0 Å². The van der Waals surface area contributed by atoms with Crippen LogP contribution in [0.25, 0.3) is 0 Å². The molecule has 1 amide bonds. The number of carbonyl (C=O) groups is 1. The van der Waals surface area contributed by atoms with Crippen LogP contribution >= 0.6 is 23.5 Å². The molecule has 2 heterocycles. The number of ether oxygens (including phenoxy) is 1. The molecule has 25 heavy (non-hydrogen) atoms. The fourth-order valence-corrected chi connectivity index (χ4v) is 4.73. The second-order valence-electron chi connectivity index (χ2n) is 5.71. The fraction of sp³-hybridized carbons (Fsp3) is 0.158. The maximum absolute atomic E-state index is 13.1. The Morgan fingerprint density at radius 2 is 1.84 bits per heavy atom. The van der Waals surface area contributed by atoms with Gasteiger partial charge in [0.25, 0.3) is 4.38 Å². The van der Waals surface area contributed by atoms with E-state index in [1.807, 2.05) is 77.4 Å². The van der Waals surface area contributed by atoms with Crippen molar-refractivity contribution in [2.75, 3.05) is 18.2 Å². The number of thioether (sulfide) groups is 2. The Morgan fingerprint density at radius 1 is 1.12 bits per heavy atom. The summed E-state index contributed by atoms with van der Waals surface area (Å²) in [6.45, 7) is 0.566. The van der Waals surface area contributed by atoms with Gasteiger partial charge in [-0.25, -0.2) is 4.79 Å². The molecule has 0 N–H and O–H groups in total. The highest BCUT2D eigenvalue weighted by Gasteiger charge is 2.43. The first-order valence-electron chi connectivity index (χ1n) is 7.88. The molecular weight excluding hydrogens is 352 g/mol. The Kier molecular flexibility index (Phi) is 4.31. The predicted octanol–water partition coefficient (Wildman–Crippen LogP) is 3.89. The van der Waals surface area contributed by atoms with Gasteiger partial charge in [0.05, 0.1) is 5.69 Å². The lowest BCUT2D eigenvalue weighted by Gasteiger charge is -2.11. The van der Waals surface area contributed by atoms with Gasteiger partial charge in [-0.2, -0.15) is 0 Å². The van der Waals surface area contributed by atoms with Gasteiger partial charge in [-0.15, -0.1) is 4.58 Å². The van der Waals surface area contributed by atoms with Crippen LogP contribution < -0.4 is 9.64 Å². The van der Waals surface area contributed by atoms with Gasteiger partial charge in [0.2, 0.25) is 5.88 Å². The van der Waals surface area contributed by atoms with Crippen molar-refractivity contribution in [3.05, 3.63) is 70.9 Å². The van der Waals surface area contributed by atoms with Crippen LogP contribution in [0.15, 0.2) is 65.4 Å². The molecule has 0 saturated heterocycles. The monoisotopic (exact) mass is 369 g/mol.